The summed E-state index contributed by atoms with van der Waals surface area (Å²) in [4.78, 5) is 12.2. The number of halogens is 2. The highest BCUT2D eigenvalue weighted by Gasteiger charge is 2.11. The van der Waals surface area contributed by atoms with Crippen molar-refractivity contribution in [2.45, 2.75) is 6.92 Å². The number of hydrogen-bond donors (Lipinski definition) is 1. The second-order valence-electron chi connectivity index (χ2n) is 4.83. The van der Waals surface area contributed by atoms with Crippen molar-refractivity contribution in [1.29, 1.82) is 0 Å². The van der Waals surface area contributed by atoms with E-state index in [0.29, 0.717) is 38.4 Å². The average Bonchev–Trinajstić information content (AvgIpc) is 2.58. The molecule has 0 heterocycles. The molecule has 1 amide bonds. The first-order valence-corrected chi connectivity index (χ1v) is 7.74. The fourth-order valence-electron chi connectivity index (χ4n) is 2.02. The van der Waals surface area contributed by atoms with E-state index in [-0.39, 0.29) is 5.91 Å². The normalized spacial score (nSPS) is 11.1. The number of methoxy groups -OCH3 is 2. The highest BCUT2D eigenvalue weighted by atomic mass is 35.5. The summed E-state index contributed by atoms with van der Waals surface area (Å²) in [6.07, 6.45) is 0. The summed E-state index contributed by atoms with van der Waals surface area (Å²) in [7, 11) is 3.03. The molecule has 0 aromatic heterocycles. The van der Waals surface area contributed by atoms with Gasteiger partial charge in [0.25, 0.3) is 5.91 Å². The van der Waals surface area contributed by atoms with Gasteiger partial charge in [-0.1, -0.05) is 29.3 Å². The molecule has 5 nitrogen and oxygen atoms in total. The number of rotatable bonds is 5. The maximum Gasteiger partial charge on any atom is 0.271 e. The number of hydrazone groups is 1. The van der Waals surface area contributed by atoms with Crippen molar-refractivity contribution in [3.05, 3.63) is 57.6 Å². The van der Waals surface area contributed by atoms with Crippen LogP contribution in [0.4, 0.5) is 0 Å². The largest absolute Gasteiger partial charge is 0.493 e. The number of benzene rings is 2. The molecule has 7 heteroatoms. The van der Waals surface area contributed by atoms with Crippen LogP contribution in [0.5, 0.6) is 11.5 Å². The Bertz CT molecular complexity index is 791. The minimum Gasteiger partial charge on any atom is -0.493 e. The van der Waals surface area contributed by atoms with Gasteiger partial charge in [0.05, 0.1) is 25.0 Å². The van der Waals surface area contributed by atoms with Crippen LogP contribution in [-0.2, 0) is 0 Å². The zero-order chi connectivity index (χ0) is 17.7. The van der Waals surface area contributed by atoms with E-state index in [9.17, 15) is 4.79 Å². The Kier molecular flexibility index (Phi) is 6.06. The molecule has 0 saturated carbocycles. The van der Waals surface area contributed by atoms with E-state index in [0.717, 1.165) is 0 Å². The number of nitrogens with one attached hydrogen (secondary N) is 1. The quantitative estimate of drug-likeness (QED) is 0.638. The minimum absolute atomic E-state index is 0.375. The monoisotopic (exact) mass is 366 g/mol. The standard InChI is InChI=1S/C17H16Cl2N2O3/c1-10(13-6-5-12(18)9-14(13)19)20-21-17(22)11-4-7-15(23-2)16(8-11)24-3/h4-9H,1-3H3,(H,21,22)/b20-10+. The number of carbonyl (C=O) groups excluding carboxylic acids is 1. The summed E-state index contributed by atoms with van der Waals surface area (Å²) in [5.41, 5.74) is 4.13. The predicted octanol–water partition coefficient (Wildman–Crippen LogP) is 4.16. The summed E-state index contributed by atoms with van der Waals surface area (Å²) in [5.74, 6) is 0.633. The molecule has 0 unspecified atom stereocenters. The van der Waals surface area contributed by atoms with Crippen LogP contribution in [0.1, 0.15) is 22.8 Å². The van der Waals surface area contributed by atoms with E-state index in [4.69, 9.17) is 32.7 Å². The Hall–Kier alpha value is -2.24. The van der Waals surface area contributed by atoms with Crippen molar-refractivity contribution in [3.8, 4) is 11.5 Å². The highest BCUT2D eigenvalue weighted by molar-refractivity contribution is 6.37. The second kappa shape index (κ2) is 8.04. The van der Waals surface area contributed by atoms with Crippen molar-refractivity contribution in [1.82, 2.24) is 5.43 Å². The molecular formula is C17H16Cl2N2O3. The lowest BCUT2D eigenvalue weighted by molar-refractivity contribution is 0.0954. The van der Waals surface area contributed by atoms with E-state index < -0.39 is 0 Å². The Balaban J connectivity index is 2.17. The van der Waals surface area contributed by atoms with Gasteiger partial charge in [0, 0.05) is 16.1 Å². The molecule has 0 spiro atoms. The average molecular weight is 367 g/mol. The Morgan fingerprint density at radius 1 is 1.04 bits per heavy atom. The molecule has 1 N–H and O–H groups in total. The second-order valence-corrected chi connectivity index (χ2v) is 5.68. The van der Waals surface area contributed by atoms with E-state index in [2.05, 4.69) is 10.5 Å². The maximum atomic E-state index is 12.2. The molecule has 0 fully saturated rings. The van der Waals surface area contributed by atoms with Crippen molar-refractivity contribution < 1.29 is 14.3 Å². The number of nitrogens with zero attached hydrogens (tertiary/aromatic N) is 1. The van der Waals surface area contributed by atoms with Gasteiger partial charge in [0.1, 0.15) is 0 Å². The molecule has 0 radical (unpaired) electrons. The van der Waals surface area contributed by atoms with E-state index in [1.54, 1.807) is 43.3 Å². The molecule has 2 rings (SSSR count). The summed E-state index contributed by atoms with van der Waals surface area (Å²) >= 11 is 12.0. The molecule has 2 aromatic carbocycles. The minimum atomic E-state index is -0.375. The summed E-state index contributed by atoms with van der Waals surface area (Å²) < 4.78 is 10.3. The lowest BCUT2D eigenvalue weighted by Crippen LogP contribution is -2.19. The van der Waals surface area contributed by atoms with Gasteiger partial charge in [-0.05, 0) is 37.3 Å². The van der Waals surface area contributed by atoms with Crippen molar-refractivity contribution >= 4 is 34.8 Å². The van der Waals surface area contributed by atoms with Gasteiger partial charge in [-0.3, -0.25) is 4.79 Å². The van der Waals surface area contributed by atoms with E-state index >= 15 is 0 Å². The molecule has 0 atom stereocenters. The Morgan fingerprint density at radius 2 is 1.75 bits per heavy atom. The third kappa shape index (κ3) is 4.19. The number of amides is 1. The zero-order valence-corrected chi connectivity index (χ0v) is 14.9. The van der Waals surface area contributed by atoms with Gasteiger partial charge < -0.3 is 9.47 Å². The summed E-state index contributed by atoms with van der Waals surface area (Å²) in [6, 6.07) is 9.92. The van der Waals surface area contributed by atoms with Crippen LogP contribution in [0.25, 0.3) is 0 Å². The van der Waals surface area contributed by atoms with Crippen LogP contribution in [0.3, 0.4) is 0 Å². The van der Waals surface area contributed by atoms with Crippen molar-refractivity contribution in [2.24, 2.45) is 5.10 Å². The van der Waals surface area contributed by atoms with Crippen LogP contribution in [0.2, 0.25) is 10.0 Å². The van der Waals surface area contributed by atoms with Crippen LogP contribution < -0.4 is 14.9 Å². The smallest absolute Gasteiger partial charge is 0.271 e. The molecule has 0 aliphatic heterocycles. The molecule has 2 aromatic rings. The molecule has 126 valence electrons. The van der Waals surface area contributed by atoms with Gasteiger partial charge in [-0.2, -0.15) is 5.10 Å². The molecule has 0 aliphatic rings. The SMILES string of the molecule is COc1ccc(C(=O)N/N=C(\C)c2ccc(Cl)cc2Cl)cc1OC. The first-order chi connectivity index (χ1) is 11.5. The van der Waals surface area contributed by atoms with Gasteiger partial charge in [-0.25, -0.2) is 5.43 Å². The lowest BCUT2D eigenvalue weighted by atomic mass is 10.1. The molecular weight excluding hydrogens is 351 g/mol. The van der Waals surface area contributed by atoms with Gasteiger partial charge >= 0.3 is 0 Å². The first-order valence-electron chi connectivity index (χ1n) is 6.98. The number of ether oxygens (including phenoxy) is 2. The third-order valence-corrected chi connectivity index (χ3v) is 3.84. The van der Waals surface area contributed by atoms with Crippen LogP contribution >= 0.6 is 23.2 Å². The van der Waals surface area contributed by atoms with Crippen molar-refractivity contribution in [2.75, 3.05) is 14.2 Å². The van der Waals surface area contributed by atoms with Crippen molar-refractivity contribution in [3.63, 3.8) is 0 Å². The Morgan fingerprint density at radius 3 is 2.38 bits per heavy atom. The topological polar surface area (TPSA) is 59.9 Å². The summed E-state index contributed by atoms with van der Waals surface area (Å²) in [6.45, 7) is 1.74. The number of carbonyl (C=O) groups is 1. The highest BCUT2D eigenvalue weighted by Crippen LogP contribution is 2.27. The maximum absolute atomic E-state index is 12.2. The Labute approximate surface area is 150 Å². The van der Waals surface area contributed by atoms with Gasteiger partial charge in [0.2, 0.25) is 0 Å². The fourth-order valence-corrected chi connectivity index (χ4v) is 2.57. The number of hydrogen-bond acceptors (Lipinski definition) is 4. The van der Waals surface area contributed by atoms with Crippen LogP contribution in [0, 0.1) is 0 Å². The molecule has 24 heavy (non-hydrogen) atoms. The molecule has 0 aliphatic carbocycles. The van der Waals surface area contributed by atoms with E-state index in [1.807, 2.05) is 0 Å². The van der Waals surface area contributed by atoms with Gasteiger partial charge in [0.15, 0.2) is 11.5 Å². The lowest BCUT2D eigenvalue weighted by Gasteiger charge is -2.09. The predicted molar refractivity (Wildman–Crippen MR) is 95.7 cm³/mol. The zero-order valence-electron chi connectivity index (χ0n) is 13.4. The molecule has 0 bridgehead atoms. The summed E-state index contributed by atoms with van der Waals surface area (Å²) in [5, 5.41) is 5.07. The fraction of sp³-hybridized carbons (Fsp3) is 0.176. The van der Waals surface area contributed by atoms with Gasteiger partial charge in [-0.15, -0.1) is 0 Å². The third-order valence-electron chi connectivity index (χ3n) is 3.29. The van der Waals surface area contributed by atoms with E-state index in [1.165, 1.54) is 14.2 Å². The molecule has 0 saturated heterocycles. The first kappa shape index (κ1) is 18.1. The van der Waals surface area contributed by atoms with Crippen LogP contribution in [0.15, 0.2) is 41.5 Å². The van der Waals surface area contributed by atoms with Crippen LogP contribution in [-0.4, -0.2) is 25.8 Å².